The molecular formula is C20H23N5O2. The zero-order chi connectivity index (χ0) is 18.5. The number of nitrogens with one attached hydrogen (secondary N) is 1. The van der Waals surface area contributed by atoms with Gasteiger partial charge in [-0.2, -0.15) is 0 Å². The van der Waals surface area contributed by atoms with Gasteiger partial charge in [0.2, 0.25) is 5.91 Å². The summed E-state index contributed by atoms with van der Waals surface area (Å²) in [5.74, 6) is 0.992. The molecule has 2 aromatic heterocycles. The molecule has 1 fully saturated rings. The van der Waals surface area contributed by atoms with E-state index in [-0.39, 0.29) is 18.1 Å². The Hall–Kier alpha value is -2.96. The SMILES string of the molecule is O=C(CCn1cnnc1)NC1CCC(Oc2cccc3cnccc23)CC1. The third-order valence-corrected chi connectivity index (χ3v) is 5.04. The van der Waals surface area contributed by atoms with Gasteiger partial charge in [-0.05, 0) is 37.8 Å². The van der Waals surface area contributed by atoms with Crippen molar-refractivity contribution in [3.63, 3.8) is 0 Å². The van der Waals surface area contributed by atoms with Gasteiger partial charge in [-0.15, -0.1) is 10.2 Å². The average molecular weight is 365 g/mol. The Morgan fingerprint density at radius 3 is 2.78 bits per heavy atom. The van der Waals surface area contributed by atoms with Crippen molar-refractivity contribution >= 4 is 16.7 Å². The van der Waals surface area contributed by atoms with Crippen LogP contribution in [0, 0.1) is 0 Å². The van der Waals surface area contributed by atoms with E-state index in [0.29, 0.717) is 13.0 Å². The molecule has 1 aromatic carbocycles. The monoisotopic (exact) mass is 365 g/mol. The Bertz CT molecular complexity index is 883. The highest BCUT2D eigenvalue weighted by Crippen LogP contribution is 2.29. The quantitative estimate of drug-likeness (QED) is 0.726. The van der Waals surface area contributed by atoms with Crippen molar-refractivity contribution in [1.29, 1.82) is 0 Å². The summed E-state index contributed by atoms with van der Waals surface area (Å²) in [5.41, 5.74) is 0. The van der Waals surface area contributed by atoms with Crippen LogP contribution in [-0.4, -0.2) is 37.8 Å². The molecule has 0 saturated heterocycles. The van der Waals surface area contributed by atoms with Gasteiger partial charge in [-0.1, -0.05) is 12.1 Å². The van der Waals surface area contributed by atoms with Gasteiger partial charge in [0.05, 0.1) is 6.10 Å². The van der Waals surface area contributed by atoms with E-state index in [0.717, 1.165) is 42.2 Å². The number of carbonyl (C=O) groups excluding carboxylic acids is 1. The Labute approximate surface area is 157 Å². The van der Waals surface area contributed by atoms with Crippen LogP contribution in [0.2, 0.25) is 0 Å². The van der Waals surface area contributed by atoms with E-state index >= 15 is 0 Å². The predicted octanol–water partition coefficient (Wildman–Crippen LogP) is 2.72. The molecule has 0 aliphatic heterocycles. The van der Waals surface area contributed by atoms with Gasteiger partial charge in [0.25, 0.3) is 0 Å². The molecule has 1 N–H and O–H groups in total. The van der Waals surface area contributed by atoms with Crippen molar-refractivity contribution in [2.24, 2.45) is 0 Å². The second-order valence-corrected chi connectivity index (χ2v) is 6.96. The van der Waals surface area contributed by atoms with E-state index in [4.69, 9.17) is 4.74 Å². The third kappa shape index (κ3) is 4.42. The number of carbonyl (C=O) groups is 1. The van der Waals surface area contributed by atoms with E-state index in [9.17, 15) is 4.79 Å². The second-order valence-electron chi connectivity index (χ2n) is 6.96. The Morgan fingerprint density at radius 1 is 1.15 bits per heavy atom. The molecule has 1 aliphatic carbocycles. The fourth-order valence-corrected chi connectivity index (χ4v) is 3.57. The molecule has 27 heavy (non-hydrogen) atoms. The summed E-state index contributed by atoms with van der Waals surface area (Å²) < 4.78 is 8.07. The Kier molecular flexibility index (Phi) is 5.27. The van der Waals surface area contributed by atoms with Crippen LogP contribution in [-0.2, 0) is 11.3 Å². The number of ether oxygens (including phenoxy) is 1. The number of fused-ring (bicyclic) bond motifs is 1. The molecule has 2 heterocycles. The molecule has 1 amide bonds. The van der Waals surface area contributed by atoms with Crippen molar-refractivity contribution < 1.29 is 9.53 Å². The van der Waals surface area contributed by atoms with Crippen LogP contribution in [0.3, 0.4) is 0 Å². The van der Waals surface area contributed by atoms with Crippen LogP contribution in [0.25, 0.3) is 10.8 Å². The molecule has 1 aliphatic rings. The Morgan fingerprint density at radius 2 is 1.96 bits per heavy atom. The van der Waals surface area contributed by atoms with Gasteiger partial charge in [0.15, 0.2) is 0 Å². The highest BCUT2D eigenvalue weighted by atomic mass is 16.5. The summed E-state index contributed by atoms with van der Waals surface area (Å²) in [5, 5.41) is 12.8. The summed E-state index contributed by atoms with van der Waals surface area (Å²) in [6.45, 7) is 0.604. The van der Waals surface area contributed by atoms with E-state index in [1.165, 1.54) is 0 Å². The maximum atomic E-state index is 12.1. The zero-order valence-corrected chi connectivity index (χ0v) is 15.1. The summed E-state index contributed by atoms with van der Waals surface area (Å²) in [6.07, 6.45) is 11.3. The number of aryl methyl sites for hydroxylation is 1. The lowest BCUT2D eigenvalue weighted by Crippen LogP contribution is -2.39. The lowest BCUT2D eigenvalue weighted by molar-refractivity contribution is -0.122. The van der Waals surface area contributed by atoms with Crippen LogP contribution in [0.4, 0.5) is 0 Å². The summed E-state index contributed by atoms with van der Waals surface area (Å²) >= 11 is 0. The first-order chi connectivity index (χ1) is 13.3. The highest BCUT2D eigenvalue weighted by Gasteiger charge is 2.24. The molecule has 0 spiro atoms. The molecule has 0 atom stereocenters. The van der Waals surface area contributed by atoms with E-state index in [2.05, 4.69) is 20.5 Å². The highest BCUT2D eigenvalue weighted by molar-refractivity contribution is 5.87. The number of nitrogens with zero attached hydrogens (tertiary/aromatic N) is 4. The summed E-state index contributed by atoms with van der Waals surface area (Å²) in [4.78, 5) is 16.3. The van der Waals surface area contributed by atoms with Crippen molar-refractivity contribution in [1.82, 2.24) is 25.1 Å². The van der Waals surface area contributed by atoms with E-state index in [1.54, 1.807) is 18.9 Å². The lowest BCUT2D eigenvalue weighted by atomic mass is 9.92. The van der Waals surface area contributed by atoms with E-state index < -0.39 is 0 Å². The minimum atomic E-state index is 0.0784. The second kappa shape index (κ2) is 8.16. The van der Waals surface area contributed by atoms with E-state index in [1.807, 2.05) is 35.0 Å². The first-order valence-corrected chi connectivity index (χ1v) is 9.39. The normalized spacial score (nSPS) is 19.7. The number of benzene rings is 1. The van der Waals surface area contributed by atoms with Crippen LogP contribution in [0.1, 0.15) is 32.1 Å². The number of hydrogen-bond acceptors (Lipinski definition) is 5. The first-order valence-electron chi connectivity index (χ1n) is 9.39. The summed E-state index contributed by atoms with van der Waals surface area (Å²) in [6, 6.07) is 8.28. The van der Waals surface area contributed by atoms with Crippen molar-refractivity contribution in [3.05, 3.63) is 49.3 Å². The van der Waals surface area contributed by atoms with Crippen LogP contribution in [0.5, 0.6) is 5.75 Å². The van der Waals surface area contributed by atoms with Gasteiger partial charge in [-0.25, -0.2) is 0 Å². The molecule has 7 heteroatoms. The third-order valence-electron chi connectivity index (χ3n) is 5.04. The molecule has 0 unspecified atom stereocenters. The lowest BCUT2D eigenvalue weighted by Gasteiger charge is -2.30. The van der Waals surface area contributed by atoms with Gasteiger partial charge in [0.1, 0.15) is 18.4 Å². The molecule has 7 nitrogen and oxygen atoms in total. The number of hydrogen-bond donors (Lipinski definition) is 1. The maximum Gasteiger partial charge on any atom is 0.222 e. The van der Waals surface area contributed by atoms with Crippen LogP contribution in [0.15, 0.2) is 49.3 Å². The Balaban J connectivity index is 1.25. The van der Waals surface area contributed by atoms with Gasteiger partial charge >= 0.3 is 0 Å². The predicted molar refractivity (Wildman–Crippen MR) is 101 cm³/mol. The smallest absolute Gasteiger partial charge is 0.222 e. The minimum Gasteiger partial charge on any atom is -0.490 e. The van der Waals surface area contributed by atoms with Crippen molar-refractivity contribution in [3.8, 4) is 5.75 Å². The van der Waals surface area contributed by atoms with Crippen molar-refractivity contribution in [2.75, 3.05) is 0 Å². The molecular weight excluding hydrogens is 342 g/mol. The van der Waals surface area contributed by atoms with Gasteiger partial charge in [0, 0.05) is 42.2 Å². The molecule has 1 saturated carbocycles. The molecule has 140 valence electrons. The number of amides is 1. The largest absolute Gasteiger partial charge is 0.490 e. The molecule has 3 aromatic rings. The zero-order valence-electron chi connectivity index (χ0n) is 15.1. The molecule has 0 bridgehead atoms. The topological polar surface area (TPSA) is 81.9 Å². The van der Waals surface area contributed by atoms with Crippen LogP contribution < -0.4 is 10.1 Å². The fourth-order valence-electron chi connectivity index (χ4n) is 3.57. The molecule has 4 rings (SSSR count). The minimum absolute atomic E-state index is 0.0784. The standard InChI is InChI=1S/C20H23N5O2/c26-20(9-11-25-13-22-23-14-25)24-16-4-6-17(7-5-16)27-19-3-1-2-15-12-21-10-8-18(15)19/h1-3,8,10,12-14,16-17H,4-7,9,11H2,(H,24,26). The summed E-state index contributed by atoms with van der Waals surface area (Å²) in [7, 11) is 0. The average Bonchev–Trinajstić information content (AvgIpc) is 3.22. The first kappa shape index (κ1) is 17.5. The fraction of sp³-hybridized carbons (Fsp3) is 0.400. The maximum absolute atomic E-state index is 12.1. The van der Waals surface area contributed by atoms with Gasteiger partial charge < -0.3 is 14.6 Å². The number of pyridine rings is 1. The molecule has 0 radical (unpaired) electrons. The van der Waals surface area contributed by atoms with Crippen molar-refractivity contribution in [2.45, 2.75) is 50.8 Å². The van der Waals surface area contributed by atoms with Gasteiger partial charge in [-0.3, -0.25) is 9.78 Å². The number of rotatable bonds is 6. The number of aromatic nitrogens is 4. The van der Waals surface area contributed by atoms with Crippen LogP contribution >= 0.6 is 0 Å².